The molecule has 1 aliphatic heterocycles. The molecule has 3 atom stereocenters. The first-order chi connectivity index (χ1) is 9.26. The van der Waals surface area contributed by atoms with Gasteiger partial charge in [0.15, 0.2) is 0 Å². The van der Waals surface area contributed by atoms with Crippen LogP contribution >= 0.6 is 6.72 Å². The summed E-state index contributed by atoms with van der Waals surface area (Å²) in [7, 11) is 0. The summed E-state index contributed by atoms with van der Waals surface area (Å²) in [6.45, 7) is -2.47. The Balaban J connectivity index is 2.06. The number of aryl methyl sites for hydroxylation is 1. The van der Waals surface area contributed by atoms with Gasteiger partial charge in [-0.15, -0.1) is 0 Å². The van der Waals surface area contributed by atoms with Gasteiger partial charge in [0.25, 0.3) is 5.56 Å². The number of rotatable bonds is 4. The summed E-state index contributed by atoms with van der Waals surface area (Å²) in [6, 6.07) is 0. The molecule has 0 radical (unpaired) electrons. The molecule has 1 aromatic rings. The molecule has 20 heavy (non-hydrogen) atoms. The third-order valence-corrected chi connectivity index (χ3v) is 3.76. The first kappa shape index (κ1) is 15.6. The van der Waals surface area contributed by atoms with E-state index in [4.69, 9.17) is 9.63 Å². The van der Waals surface area contributed by atoms with E-state index in [1.54, 1.807) is 6.92 Å². The quantitative estimate of drug-likeness (QED) is 0.691. The van der Waals surface area contributed by atoms with Crippen LogP contribution in [0.15, 0.2) is 15.8 Å². The third-order valence-electron chi connectivity index (χ3n) is 2.96. The number of hydrogen-bond donors (Lipinski definition) is 2. The van der Waals surface area contributed by atoms with Crippen LogP contribution in [0.4, 0.5) is 0 Å². The molecule has 10 heteroatoms. The Labute approximate surface area is 119 Å². The van der Waals surface area contributed by atoms with E-state index in [2.05, 4.69) is 21.3 Å². The number of H-pyrrole nitrogens is 1. The normalized spacial score (nSPS) is 25.6. The van der Waals surface area contributed by atoms with Crippen LogP contribution < -0.4 is 16.1 Å². The average molecular weight is 321 g/mol. The van der Waals surface area contributed by atoms with Gasteiger partial charge in [0.2, 0.25) is 0 Å². The zero-order chi connectivity index (χ0) is 14.9. The largest absolute Gasteiger partial charge is 0.780 e. The highest BCUT2D eigenvalue weighted by atomic mass is 32.5. The summed E-state index contributed by atoms with van der Waals surface area (Å²) in [6.07, 6.45) is 1.58. The highest BCUT2D eigenvalue weighted by molar-refractivity contribution is 8.06. The van der Waals surface area contributed by atoms with Gasteiger partial charge < -0.3 is 19.0 Å². The van der Waals surface area contributed by atoms with Crippen molar-refractivity contribution in [2.75, 3.05) is 6.61 Å². The van der Waals surface area contributed by atoms with Crippen molar-refractivity contribution in [2.24, 2.45) is 0 Å². The fourth-order valence-corrected chi connectivity index (χ4v) is 2.53. The highest BCUT2D eigenvalue weighted by Gasteiger charge is 2.28. The van der Waals surface area contributed by atoms with Crippen LogP contribution in [0.1, 0.15) is 24.6 Å². The van der Waals surface area contributed by atoms with Crippen molar-refractivity contribution in [1.29, 1.82) is 0 Å². The molecular formula is C10H14N2O6PS-. The molecule has 2 rings (SSSR count). The smallest absolute Gasteiger partial charge is 0.330 e. The van der Waals surface area contributed by atoms with Gasteiger partial charge in [-0.1, -0.05) is 11.8 Å². The summed E-state index contributed by atoms with van der Waals surface area (Å²) < 4.78 is 11.5. The Hall–Kier alpha value is -0.830. The van der Waals surface area contributed by atoms with Gasteiger partial charge in [-0.25, -0.2) is 4.79 Å². The summed E-state index contributed by atoms with van der Waals surface area (Å²) in [4.78, 5) is 44.9. The van der Waals surface area contributed by atoms with Crippen LogP contribution in [0.3, 0.4) is 0 Å². The summed E-state index contributed by atoms with van der Waals surface area (Å²) >= 11 is 4.23. The molecule has 8 nitrogen and oxygen atoms in total. The minimum atomic E-state index is -3.95. The fourth-order valence-electron chi connectivity index (χ4n) is 1.99. The number of aromatic nitrogens is 2. The van der Waals surface area contributed by atoms with E-state index in [0.29, 0.717) is 18.4 Å². The highest BCUT2D eigenvalue weighted by Crippen LogP contribution is 2.34. The van der Waals surface area contributed by atoms with Crippen LogP contribution in [0.2, 0.25) is 0 Å². The van der Waals surface area contributed by atoms with Crippen molar-refractivity contribution in [2.45, 2.75) is 32.1 Å². The van der Waals surface area contributed by atoms with Crippen molar-refractivity contribution >= 4 is 18.5 Å². The predicted molar refractivity (Wildman–Crippen MR) is 71.7 cm³/mol. The van der Waals surface area contributed by atoms with Gasteiger partial charge in [0.1, 0.15) is 12.9 Å². The van der Waals surface area contributed by atoms with E-state index in [1.165, 1.54) is 10.8 Å². The summed E-state index contributed by atoms with van der Waals surface area (Å²) in [5, 5.41) is 0. The SMILES string of the molecule is Cc1cn([C@H]2CC[C@@H](COP([O-])(O)=S)O2)c(=O)[nH]c1=O. The molecule has 0 bridgehead atoms. The third kappa shape index (κ3) is 3.85. The molecule has 2 heterocycles. The van der Waals surface area contributed by atoms with Gasteiger partial charge in [-0.05, 0) is 19.8 Å². The number of aromatic amines is 1. The number of nitrogens with one attached hydrogen (secondary N) is 1. The van der Waals surface area contributed by atoms with Gasteiger partial charge in [0.05, 0.1) is 12.7 Å². The van der Waals surface area contributed by atoms with Crippen molar-refractivity contribution in [3.63, 3.8) is 0 Å². The molecule has 0 saturated carbocycles. The van der Waals surface area contributed by atoms with Gasteiger partial charge in [0, 0.05) is 11.8 Å². The number of ether oxygens (including phenoxy) is 1. The molecule has 1 fully saturated rings. The lowest BCUT2D eigenvalue weighted by molar-refractivity contribution is -0.204. The Morgan fingerprint density at radius 3 is 3.00 bits per heavy atom. The van der Waals surface area contributed by atoms with Crippen LogP contribution in [-0.2, 0) is 21.1 Å². The maximum Gasteiger partial charge on any atom is 0.330 e. The topological polar surface area (TPSA) is 117 Å². The average Bonchev–Trinajstić information content (AvgIpc) is 2.79. The predicted octanol–water partition coefficient (Wildman–Crippen LogP) is -0.884. The minimum absolute atomic E-state index is 0.106. The van der Waals surface area contributed by atoms with Crippen LogP contribution in [0.5, 0.6) is 0 Å². The maximum absolute atomic E-state index is 11.7. The summed E-state index contributed by atoms with van der Waals surface area (Å²) in [5.74, 6) is 0. The second-order valence-electron chi connectivity index (χ2n) is 4.53. The molecule has 0 aliphatic carbocycles. The van der Waals surface area contributed by atoms with E-state index in [0.717, 1.165) is 0 Å². The second-order valence-corrected chi connectivity index (χ2v) is 7.11. The van der Waals surface area contributed by atoms with Crippen molar-refractivity contribution in [3.05, 3.63) is 32.6 Å². The molecular weight excluding hydrogens is 307 g/mol. The molecule has 1 unspecified atom stereocenters. The van der Waals surface area contributed by atoms with Crippen LogP contribution in [-0.4, -0.2) is 27.2 Å². The first-order valence-corrected chi connectivity index (χ1v) is 8.51. The lowest BCUT2D eigenvalue weighted by atomic mass is 10.2. The minimum Gasteiger partial charge on any atom is -0.780 e. The molecule has 0 aromatic carbocycles. The van der Waals surface area contributed by atoms with Crippen LogP contribution in [0, 0.1) is 6.92 Å². The lowest BCUT2D eigenvalue weighted by Crippen LogP contribution is -2.33. The van der Waals surface area contributed by atoms with Crippen molar-refractivity contribution in [1.82, 2.24) is 9.55 Å². The zero-order valence-corrected chi connectivity index (χ0v) is 12.4. The second kappa shape index (κ2) is 5.88. The van der Waals surface area contributed by atoms with E-state index >= 15 is 0 Å². The molecule has 1 saturated heterocycles. The Kier molecular flexibility index (Phi) is 4.58. The fraction of sp³-hybridized carbons (Fsp3) is 0.600. The molecule has 0 spiro atoms. The Morgan fingerprint density at radius 1 is 1.65 bits per heavy atom. The van der Waals surface area contributed by atoms with Crippen molar-refractivity contribution in [3.8, 4) is 0 Å². The maximum atomic E-state index is 11.7. The van der Waals surface area contributed by atoms with E-state index in [-0.39, 0.29) is 6.61 Å². The lowest BCUT2D eigenvalue weighted by Gasteiger charge is -2.22. The van der Waals surface area contributed by atoms with E-state index in [9.17, 15) is 14.5 Å². The molecule has 1 aliphatic rings. The monoisotopic (exact) mass is 321 g/mol. The van der Waals surface area contributed by atoms with Gasteiger partial charge in [-0.2, -0.15) is 0 Å². The standard InChI is InChI=1S/C10H15N2O6PS/c1-6-4-12(10(14)11-9(6)13)8-3-2-7(18-8)5-17-19(15,16)20/h4,7-8H,2-3,5H2,1H3,(H,11,13,14)(H2,15,16,20)/p-1/t7-,8+/m0/s1. The molecule has 112 valence electrons. The van der Waals surface area contributed by atoms with Crippen molar-refractivity contribution < 1.29 is 19.0 Å². The zero-order valence-electron chi connectivity index (χ0n) is 10.6. The Bertz CT molecular complexity index is 650. The first-order valence-electron chi connectivity index (χ1n) is 5.92. The number of hydrogen-bond acceptors (Lipinski definition) is 6. The van der Waals surface area contributed by atoms with E-state index < -0.39 is 30.3 Å². The Morgan fingerprint density at radius 2 is 2.35 bits per heavy atom. The van der Waals surface area contributed by atoms with Gasteiger partial charge in [-0.3, -0.25) is 14.3 Å². The van der Waals surface area contributed by atoms with Gasteiger partial charge >= 0.3 is 5.69 Å². The molecule has 1 aromatic heterocycles. The van der Waals surface area contributed by atoms with E-state index in [1.807, 2.05) is 0 Å². The number of nitrogens with zero attached hydrogens (tertiary/aromatic N) is 1. The molecule has 0 amide bonds. The van der Waals surface area contributed by atoms with Crippen LogP contribution in [0.25, 0.3) is 0 Å². The molecule has 2 N–H and O–H groups in total. The summed E-state index contributed by atoms with van der Waals surface area (Å²) in [5.41, 5.74) is -0.585.